The highest BCUT2D eigenvalue weighted by atomic mass is 35.5. The van der Waals surface area contributed by atoms with E-state index in [-0.39, 0.29) is 11.4 Å². The van der Waals surface area contributed by atoms with Gasteiger partial charge in [0.2, 0.25) is 0 Å². The van der Waals surface area contributed by atoms with Gasteiger partial charge >= 0.3 is 5.97 Å². The Morgan fingerprint density at radius 1 is 1.15 bits per heavy atom. The summed E-state index contributed by atoms with van der Waals surface area (Å²) in [5, 5.41) is 8.81. The predicted molar refractivity (Wildman–Crippen MR) is 78.8 cm³/mol. The number of carboxylic acids is 1. The monoisotopic (exact) mass is 310 g/mol. The molecule has 104 valence electrons. The minimum atomic E-state index is -0.845. The van der Waals surface area contributed by atoms with E-state index in [9.17, 15) is 9.18 Å². The van der Waals surface area contributed by atoms with Crippen LogP contribution < -0.4 is 0 Å². The first-order chi connectivity index (χ1) is 9.54. The molecule has 0 fully saturated rings. The first-order valence-corrected chi connectivity index (χ1v) is 7.28. The van der Waals surface area contributed by atoms with Gasteiger partial charge in [-0.25, -0.2) is 4.39 Å². The zero-order chi connectivity index (χ0) is 14.5. The van der Waals surface area contributed by atoms with Crippen molar-refractivity contribution in [2.24, 2.45) is 0 Å². The van der Waals surface area contributed by atoms with E-state index in [1.54, 1.807) is 36.0 Å². The maximum atomic E-state index is 13.3. The van der Waals surface area contributed by atoms with Gasteiger partial charge in [-0.2, -0.15) is 0 Å². The average molecular weight is 311 g/mol. The molecule has 0 aliphatic heterocycles. The number of rotatable bonds is 5. The molecule has 1 N–H and O–H groups in total. The van der Waals surface area contributed by atoms with Crippen molar-refractivity contribution in [3.05, 3.63) is 64.4 Å². The number of carboxylic acid groups (broad SMARTS) is 1. The third-order valence-electron chi connectivity index (χ3n) is 2.67. The molecule has 0 bridgehead atoms. The molecule has 0 heterocycles. The van der Waals surface area contributed by atoms with Gasteiger partial charge in [-0.3, -0.25) is 4.79 Å². The Labute approximate surface area is 125 Å². The van der Waals surface area contributed by atoms with Crippen molar-refractivity contribution in [2.75, 3.05) is 0 Å². The van der Waals surface area contributed by atoms with Crippen LogP contribution in [0.1, 0.15) is 11.1 Å². The molecule has 0 aliphatic rings. The molecule has 0 spiro atoms. The van der Waals surface area contributed by atoms with Crippen LogP contribution in [0.4, 0.5) is 4.39 Å². The lowest BCUT2D eigenvalue weighted by Crippen LogP contribution is -1.99. The van der Waals surface area contributed by atoms with Crippen LogP contribution >= 0.6 is 23.4 Å². The molecule has 0 amide bonds. The van der Waals surface area contributed by atoms with Gasteiger partial charge in [-0.1, -0.05) is 29.8 Å². The summed E-state index contributed by atoms with van der Waals surface area (Å²) in [7, 11) is 0. The maximum Gasteiger partial charge on any atom is 0.307 e. The van der Waals surface area contributed by atoms with E-state index >= 15 is 0 Å². The van der Waals surface area contributed by atoms with Gasteiger partial charge in [0.1, 0.15) is 5.82 Å². The summed E-state index contributed by atoms with van der Waals surface area (Å²) in [6, 6.07) is 12.1. The average Bonchev–Trinajstić information content (AvgIpc) is 2.41. The highest BCUT2D eigenvalue weighted by molar-refractivity contribution is 7.98. The number of halogens is 2. The number of benzene rings is 2. The van der Waals surface area contributed by atoms with Gasteiger partial charge in [0.15, 0.2) is 0 Å². The Hall–Kier alpha value is -1.52. The van der Waals surface area contributed by atoms with Crippen LogP contribution in [0.25, 0.3) is 0 Å². The molecule has 0 unspecified atom stereocenters. The SMILES string of the molecule is O=C(O)Cc1ccc(SCc2ccc(Cl)c(F)c2)cc1. The van der Waals surface area contributed by atoms with Gasteiger partial charge in [0.05, 0.1) is 11.4 Å². The molecule has 2 aromatic rings. The molecule has 0 saturated heterocycles. The Morgan fingerprint density at radius 2 is 1.80 bits per heavy atom. The van der Waals surface area contributed by atoms with Gasteiger partial charge < -0.3 is 5.11 Å². The van der Waals surface area contributed by atoms with E-state index in [2.05, 4.69) is 0 Å². The first-order valence-electron chi connectivity index (χ1n) is 5.92. The van der Waals surface area contributed by atoms with Gasteiger partial charge in [-0.15, -0.1) is 11.8 Å². The zero-order valence-corrected chi connectivity index (χ0v) is 12.0. The van der Waals surface area contributed by atoms with Crippen LogP contribution in [-0.2, 0) is 17.0 Å². The van der Waals surface area contributed by atoms with E-state index < -0.39 is 11.8 Å². The zero-order valence-electron chi connectivity index (χ0n) is 10.5. The van der Waals surface area contributed by atoms with E-state index in [4.69, 9.17) is 16.7 Å². The van der Waals surface area contributed by atoms with Crippen LogP contribution in [-0.4, -0.2) is 11.1 Å². The number of hydrogen-bond acceptors (Lipinski definition) is 2. The third-order valence-corrected chi connectivity index (χ3v) is 4.06. The van der Waals surface area contributed by atoms with Crippen molar-refractivity contribution in [3.8, 4) is 0 Å². The van der Waals surface area contributed by atoms with Crippen LogP contribution in [0, 0.1) is 5.82 Å². The van der Waals surface area contributed by atoms with Crippen LogP contribution in [0.3, 0.4) is 0 Å². The molecule has 0 atom stereocenters. The number of aliphatic carboxylic acids is 1. The Morgan fingerprint density at radius 3 is 2.40 bits per heavy atom. The summed E-state index contributed by atoms with van der Waals surface area (Å²) in [4.78, 5) is 11.6. The minimum absolute atomic E-state index is 0.0212. The van der Waals surface area contributed by atoms with E-state index in [1.165, 1.54) is 6.07 Å². The second-order valence-corrected chi connectivity index (χ2v) is 5.71. The summed E-state index contributed by atoms with van der Waals surface area (Å²) in [5.74, 6) is -0.629. The molecule has 20 heavy (non-hydrogen) atoms. The maximum absolute atomic E-state index is 13.3. The van der Waals surface area contributed by atoms with Crippen LogP contribution in [0.2, 0.25) is 5.02 Å². The Balaban J connectivity index is 1.96. The smallest absolute Gasteiger partial charge is 0.307 e. The number of carbonyl (C=O) groups is 1. The highest BCUT2D eigenvalue weighted by Gasteiger charge is 2.03. The fourth-order valence-electron chi connectivity index (χ4n) is 1.67. The number of hydrogen-bond donors (Lipinski definition) is 1. The van der Waals surface area contributed by atoms with Crippen molar-refractivity contribution < 1.29 is 14.3 Å². The standard InChI is InChI=1S/C15H12ClFO2S/c16-13-6-3-11(7-14(13)17)9-20-12-4-1-10(2-5-12)8-15(18)19/h1-7H,8-9H2,(H,18,19). The van der Waals surface area contributed by atoms with Gasteiger partial charge in [-0.05, 0) is 35.4 Å². The van der Waals surface area contributed by atoms with Crippen molar-refractivity contribution >= 4 is 29.3 Å². The molecule has 2 rings (SSSR count). The van der Waals surface area contributed by atoms with Crippen molar-refractivity contribution in [2.45, 2.75) is 17.1 Å². The van der Waals surface area contributed by atoms with Crippen LogP contribution in [0.15, 0.2) is 47.4 Å². The van der Waals surface area contributed by atoms with Crippen molar-refractivity contribution in [1.82, 2.24) is 0 Å². The van der Waals surface area contributed by atoms with Gasteiger partial charge in [0.25, 0.3) is 0 Å². The molecule has 0 aromatic heterocycles. The topological polar surface area (TPSA) is 37.3 Å². The Bertz CT molecular complexity index is 614. The minimum Gasteiger partial charge on any atom is -0.481 e. The molecule has 5 heteroatoms. The normalized spacial score (nSPS) is 10.5. The summed E-state index contributed by atoms with van der Waals surface area (Å²) in [6.45, 7) is 0. The second-order valence-electron chi connectivity index (χ2n) is 4.25. The quantitative estimate of drug-likeness (QED) is 0.832. The molecular weight excluding hydrogens is 299 g/mol. The largest absolute Gasteiger partial charge is 0.481 e. The molecular formula is C15H12ClFO2S. The fourth-order valence-corrected chi connectivity index (χ4v) is 2.63. The summed E-state index contributed by atoms with van der Waals surface area (Å²) in [6.07, 6.45) is 0.0212. The van der Waals surface area contributed by atoms with E-state index in [1.807, 2.05) is 12.1 Å². The molecule has 0 saturated carbocycles. The lowest BCUT2D eigenvalue weighted by atomic mass is 10.2. The fraction of sp³-hybridized carbons (Fsp3) is 0.133. The molecule has 2 nitrogen and oxygen atoms in total. The molecule has 0 radical (unpaired) electrons. The van der Waals surface area contributed by atoms with E-state index in [0.29, 0.717) is 5.75 Å². The number of thioether (sulfide) groups is 1. The predicted octanol–water partition coefficient (Wildman–Crippen LogP) is 4.40. The van der Waals surface area contributed by atoms with Crippen molar-refractivity contribution in [3.63, 3.8) is 0 Å². The molecule has 0 aliphatic carbocycles. The Kier molecular flexibility index (Phi) is 5.04. The summed E-state index contributed by atoms with van der Waals surface area (Å²) >= 11 is 7.19. The van der Waals surface area contributed by atoms with Crippen LogP contribution in [0.5, 0.6) is 0 Å². The van der Waals surface area contributed by atoms with E-state index in [0.717, 1.165) is 16.0 Å². The summed E-state index contributed by atoms with van der Waals surface area (Å²) in [5.41, 5.74) is 1.62. The third kappa shape index (κ3) is 4.25. The lowest BCUT2D eigenvalue weighted by Gasteiger charge is -2.04. The second kappa shape index (κ2) is 6.77. The summed E-state index contributed by atoms with van der Waals surface area (Å²) < 4.78 is 13.3. The highest BCUT2D eigenvalue weighted by Crippen LogP contribution is 2.25. The van der Waals surface area contributed by atoms with Gasteiger partial charge in [0, 0.05) is 10.6 Å². The molecule has 2 aromatic carbocycles. The van der Waals surface area contributed by atoms with Crippen molar-refractivity contribution in [1.29, 1.82) is 0 Å². The lowest BCUT2D eigenvalue weighted by molar-refractivity contribution is -0.136. The first kappa shape index (κ1) is 14.9.